The SMILES string of the molecule is COc1cc2c(cc1OC)[C@H](c1cccs1)N(C(=O)c1cc(Cl)c3c(c1)OCO3)CC2. The number of fused-ring (bicyclic) bond motifs is 2. The molecule has 0 N–H and O–H groups in total. The average molecular weight is 458 g/mol. The van der Waals surface area contributed by atoms with Crippen molar-refractivity contribution in [1.29, 1.82) is 0 Å². The van der Waals surface area contributed by atoms with E-state index in [0.29, 0.717) is 46.5 Å². The highest BCUT2D eigenvalue weighted by molar-refractivity contribution is 7.10. The number of hydrogen-bond acceptors (Lipinski definition) is 6. The molecule has 6 nitrogen and oxygen atoms in total. The molecule has 3 heterocycles. The Hall–Kier alpha value is -2.90. The number of nitrogens with zero attached hydrogens (tertiary/aromatic N) is 1. The molecule has 0 saturated heterocycles. The first-order valence-electron chi connectivity index (χ1n) is 9.79. The van der Waals surface area contributed by atoms with Gasteiger partial charge in [0.2, 0.25) is 6.79 Å². The monoisotopic (exact) mass is 457 g/mol. The third-order valence-electron chi connectivity index (χ3n) is 5.62. The fourth-order valence-electron chi connectivity index (χ4n) is 4.17. The van der Waals surface area contributed by atoms with Crippen LogP contribution in [0.5, 0.6) is 23.0 Å². The summed E-state index contributed by atoms with van der Waals surface area (Å²) >= 11 is 7.96. The minimum Gasteiger partial charge on any atom is -0.493 e. The van der Waals surface area contributed by atoms with Crippen molar-refractivity contribution in [2.45, 2.75) is 12.5 Å². The molecule has 0 spiro atoms. The lowest BCUT2D eigenvalue weighted by atomic mass is 9.90. The summed E-state index contributed by atoms with van der Waals surface area (Å²) in [6.45, 7) is 0.666. The molecule has 0 bridgehead atoms. The van der Waals surface area contributed by atoms with Gasteiger partial charge in [0, 0.05) is 17.0 Å². The predicted octanol–water partition coefficient (Wildman–Crippen LogP) is 4.94. The first kappa shape index (κ1) is 20.0. The molecular weight excluding hydrogens is 438 g/mol. The number of amides is 1. The standard InChI is InChI=1S/C23H20ClNO5S/c1-27-17-9-13-5-6-25(21(20-4-3-7-31-20)15(13)11-18(17)28-2)23(26)14-8-16(24)22-19(10-14)29-12-30-22/h3-4,7-11,21H,5-6,12H2,1-2H3/t21-/m1/s1. The van der Waals surface area contributed by atoms with Gasteiger partial charge < -0.3 is 23.8 Å². The normalized spacial score (nSPS) is 16.7. The van der Waals surface area contributed by atoms with Gasteiger partial charge in [0.1, 0.15) is 0 Å². The number of thiophene rings is 1. The van der Waals surface area contributed by atoms with Crippen molar-refractivity contribution in [3.8, 4) is 23.0 Å². The van der Waals surface area contributed by atoms with Crippen LogP contribution in [0.3, 0.4) is 0 Å². The van der Waals surface area contributed by atoms with E-state index in [1.54, 1.807) is 37.7 Å². The summed E-state index contributed by atoms with van der Waals surface area (Å²) in [5.41, 5.74) is 2.65. The molecule has 160 valence electrons. The van der Waals surface area contributed by atoms with E-state index in [1.807, 2.05) is 34.5 Å². The van der Waals surface area contributed by atoms with Gasteiger partial charge in [-0.1, -0.05) is 17.7 Å². The molecule has 31 heavy (non-hydrogen) atoms. The fourth-order valence-corrected chi connectivity index (χ4v) is 5.29. The van der Waals surface area contributed by atoms with Gasteiger partial charge in [0.15, 0.2) is 23.0 Å². The maximum absolute atomic E-state index is 13.7. The van der Waals surface area contributed by atoms with Crippen LogP contribution in [0.25, 0.3) is 0 Å². The predicted molar refractivity (Wildman–Crippen MR) is 118 cm³/mol. The summed E-state index contributed by atoms with van der Waals surface area (Å²) in [6, 6.07) is 11.1. The lowest BCUT2D eigenvalue weighted by molar-refractivity contribution is 0.0696. The Morgan fingerprint density at radius 2 is 1.97 bits per heavy atom. The molecular formula is C23H20ClNO5S. The first-order valence-corrected chi connectivity index (χ1v) is 11.0. The minimum atomic E-state index is -0.236. The Bertz CT molecular complexity index is 1150. The molecule has 1 amide bonds. The number of ether oxygens (including phenoxy) is 4. The van der Waals surface area contributed by atoms with Crippen LogP contribution < -0.4 is 18.9 Å². The quantitative estimate of drug-likeness (QED) is 0.555. The molecule has 8 heteroatoms. The van der Waals surface area contributed by atoms with Gasteiger partial charge in [-0.25, -0.2) is 0 Å². The second-order valence-electron chi connectivity index (χ2n) is 7.26. The van der Waals surface area contributed by atoms with Crippen LogP contribution in [0.1, 0.15) is 32.4 Å². The van der Waals surface area contributed by atoms with E-state index < -0.39 is 0 Å². The smallest absolute Gasteiger partial charge is 0.254 e. The average Bonchev–Trinajstić information content (AvgIpc) is 3.49. The van der Waals surface area contributed by atoms with Crippen LogP contribution in [0.4, 0.5) is 0 Å². The van der Waals surface area contributed by atoms with Crippen LogP contribution in [-0.2, 0) is 6.42 Å². The molecule has 5 rings (SSSR count). The van der Waals surface area contributed by atoms with Crippen molar-refractivity contribution < 1.29 is 23.7 Å². The van der Waals surface area contributed by atoms with E-state index in [2.05, 4.69) is 0 Å². The van der Waals surface area contributed by atoms with Gasteiger partial charge in [0.05, 0.1) is 25.3 Å². The number of carbonyl (C=O) groups excluding carboxylic acids is 1. The zero-order valence-corrected chi connectivity index (χ0v) is 18.6. The van der Waals surface area contributed by atoms with E-state index in [1.165, 1.54) is 0 Å². The topological polar surface area (TPSA) is 57.2 Å². The van der Waals surface area contributed by atoms with Crippen molar-refractivity contribution in [3.63, 3.8) is 0 Å². The van der Waals surface area contributed by atoms with E-state index in [9.17, 15) is 4.79 Å². The molecule has 2 aromatic carbocycles. The Balaban J connectivity index is 1.60. The highest BCUT2D eigenvalue weighted by Crippen LogP contribution is 2.44. The summed E-state index contributed by atoms with van der Waals surface area (Å²) in [4.78, 5) is 16.6. The summed E-state index contributed by atoms with van der Waals surface area (Å²) in [5, 5.41) is 2.39. The van der Waals surface area contributed by atoms with Crippen molar-refractivity contribution in [1.82, 2.24) is 4.90 Å². The Kier molecular flexibility index (Phi) is 5.16. The molecule has 2 aliphatic heterocycles. The van der Waals surface area contributed by atoms with Gasteiger partial charge >= 0.3 is 0 Å². The summed E-state index contributed by atoms with van der Waals surface area (Å²) in [6.07, 6.45) is 0.710. The van der Waals surface area contributed by atoms with Crippen LogP contribution in [0.2, 0.25) is 5.02 Å². The van der Waals surface area contributed by atoms with Crippen LogP contribution in [-0.4, -0.2) is 38.4 Å². The van der Waals surface area contributed by atoms with Gasteiger partial charge in [-0.3, -0.25) is 4.79 Å². The molecule has 3 aromatic rings. The number of carbonyl (C=O) groups is 1. The van der Waals surface area contributed by atoms with Crippen molar-refractivity contribution in [2.24, 2.45) is 0 Å². The number of halogens is 1. The molecule has 2 aliphatic rings. The van der Waals surface area contributed by atoms with Crippen LogP contribution in [0.15, 0.2) is 41.8 Å². The second kappa shape index (κ2) is 7.98. The van der Waals surface area contributed by atoms with E-state index in [-0.39, 0.29) is 18.7 Å². The third kappa shape index (κ3) is 3.38. The van der Waals surface area contributed by atoms with E-state index >= 15 is 0 Å². The van der Waals surface area contributed by atoms with Gasteiger partial charge in [0.25, 0.3) is 5.91 Å². The van der Waals surface area contributed by atoms with Crippen molar-refractivity contribution in [2.75, 3.05) is 27.6 Å². The van der Waals surface area contributed by atoms with E-state index in [0.717, 1.165) is 16.0 Å². The van der Waals surface area contributed by atoms with Gasteiger partial charge in [-0.15, -0.1) is 11.3 Å². The lowest BCUT2D eigenvalue weighted by Crippen LogP contribution is -2.40. The first-order chi connectivity index (χ1) is 15.1. The maximum atomic E-state index is 13.7. The molecule has 1 aromatic heterocycles. The Morgan fingerprint density at radius 1 is 1.16 bits per heavy atom. The zero-order chi connectivity index (χ0) is 21.5. The Morgan fingerprint density at radius 3 is 2.71 bits per heavy atom. The van der Waals surface area contributed by atoms with Crippen molar-refractivity contribution >= 4 is 28.8 Å². The molecule has 1 atom stereocenters. The molecule has 0 aliphatic carbocycles. The highest BCUT2D eigenvalue weighted by Gasteiger charge is 2.35. The summed E-state index contributed by atoms with van der Waals surface area (Å²) < 4.78 is 21.9. The fraction of sp³-hybridized carbons (Fsp3) is 0.261. The number of rotatable bonds is 4. The second-order valence-corrected chi connectivity index (χ2v) is 8.65. The molecule has 0 saturated carbocycles. The van der Waals surface area contributed by atoms with Crippen LogP contribution in [0, 0.1) is 0 Å². The molecule has 0 radical (unpaired) electrons. The van der Waals surface area contributed by atoms with E-state index in [4.69, 9.17) is 30.5 Å². The maximum Gasteiger partial charge on any atom is 0.254 e. The highest BCUT2D eigenvalue weighted by atomic mass is 35.5. The largest absolute Gasteiger partial charge is 0.493 e. The molecule has 0 fully saturated rings. The Labute approximate surface area is 188 Å². The van der Waals surface area contributed by atoms with Crippen molar-refractivity contribution in [3.05, 3.63) is 68.4 Å². The zero-order valence-electron chi connectivity index (χ0n) is 17.0. The number of hydrogen-bond donors (Lipinski definition) is 0. The lowest BCUT2D eigenvalue weighted by Gasteiger charge is -2.37. The summed E-state index contributed by atoms with van der Waals surface area (Å²) in [5.74, 6) is 2.19. The van der Waals surface area contributed by atoms with Gasteiger partial charge in [-0.2, -0.15) is 0 Å². The van der Waals surface area contributed by atoms with Gasteiger partial charge in [-0.05, 0) is 53.3 Å². The number of methoxy groups -OCH3 is 2. The molecule has 0 unspecified atom stereocenters. The summed E-state index contributed by atoms with van der Waals surface area (Å²) in [7, 11) is 3.24. The number of benzene rings is 2. The third-order valence-corrected chi connectivity index (χ3v) is 6.83. The van der Waals surface area contributed by atoms with Crippen LogP contribution >= 0.6 is 22.9 Å². The minimum absolute atomic E-state index is 0.100.